The molecule has 1 aromatic heterocycles. The van der Waals surface area contributed by atoms with E-state index < -0.39 is 0 Å². The average molecular weight is 377 g/mol. The van der Waals surface area contributed by atoms with E-state index in [4.69, 9.17) is 32.7 Å². The first-order chi connectivity index (χ1) is 9.65. The van der Waals surface area contributed by atoms with Gasteiger partial charge in [0.05, 0.1) is 17.2 Å². The van der Waals surface area contributed by atoms with Crippen molar-refractivity contribution < 1.29 is 9.47 Å². The quantitative estimate of drug-likeness (QED) is 0.697. The van der Waals surface area contributed by atoms with Crippen LogP contribution in [-0.4, -0.2) is 12.1 Å². The molecule has 1 aromatic carbocycles. The summed E-state index contributed by atoms with van der Waals surface area (Å²) in [6.07, 6.45) is 3.24. The number of halogens is 3. The summed E-state index contributed by atoms with van der Waals surface area (Å²) < 4.78 is 11.1. The molecule has 2 rings (SSSR count). The van der Waals surface area contributed by atoms with Crippen LogP contribution in [0.3, 0.4) is 0 Å². The van der Waals surface area contributed by atoms with Crippen molar-refractivity contribution >= 4 is 39.1 Å². The number of methoxy groups -OCH3 is 1. The molecule has 3 nitrogen and oxygen atoms in total. The number of hydrogen-bond donors (Lipinski definition) is 0. The van der Waals surface area contributed by atoms with Gasteiger partial charge < -0.3 is 9.47 Å². The molecule has 0 fully saturated rings. The van der Waals surface area contributed by atoms with Crippen molar-refractivity contribution in [3.63, 3.8) is 0 Å². The monoisotopic (exact) mass is 375 g/mol. The van der Waals surface area contributed by atoms with Crippen LogP contribution in [0.25, 0.3) is 0 Å². The van der Waals surface area contributed by atoms with Crippen molar-refractivity contribution in [2.75, 3.05) is 7.11 Å². The summed E-state index contributed by atoms with van der Waals surface area (Å²) in [5, 5.41) is 1.75. The number of pyridine rings is 1. The zero-order valence-electron chi connectivity index (χ0n) is 10.7. The molecule has 6 heteroatoms. The van der Waals surface area contributed by atoms with Crippen LogP contribution in [0.1, 0.15) is 11.1 Å². The molecule has 0 N–H and O–H groups in total. The van der Waals surface area contributed by atoms with Gasteiger partial charge in [0.25, 0.3) is 0 Å². The van der Waals surface area contributed by atoms with Gasteiger partial charge in [-0.3, -0.25) is 4.98 Å². The molecule has 1 heterocycles. The first-order valence-corrected chi connectivity index (χ1v) is 7.67. The summed E-state index contributed by atoms with van der Waals surface area (Å²) in [6.45, 7) is 0.297. The molecule has 0 bridgehead atoms. The Labute approximate surface area is 136 Å². The number of aromatic nitrogens is 1. The molecule has 2 aromatic rings. The van der Waals surface area contributed by atoms with Gasteiger partial charge in [0.15, 0.2) is 11.5 Å². The maximum atomic E-state index is 6.23. The fourth-order valence-electron chi connectivity index (χ4n) is 1.66. The minimum Gasteiger partial charge on any atom is -0.493 e. The second-order valence-corrected chi connectivity index (χ2v) is 5.37. The van der Waals surface area contributed by atoms with Gasteiger partial charge in [0.1, 0.15) is 6.61 Å². The molecular weight excluding hydrogens is 365 g/mol. The van der Waals surface area contributed by atoms with Gasteiger partial charge in [-0.1, -0.05) is 39.1 Å². The minimum absolute atomic E-state index is 0.297. The fraction of sp³-hybridized carbons (Fsp3) is 0.214. The summed E-state index contributed by atoms with van der Waals surface area (Å²) in [5.74, 6) is 1.10. The summed E-state index contributed by atoms with van der Waals surface area (Å²) in [6, 6.07) is 5.52. The Morgan fingerprint density at radius 3 is 2.70 bits per heavy atom. The van der Waals surface area contributed by atoms with Gasteiger partial charge in [-0.05, 0) is 23.8 Å². The minimum atomic E-state index is 0.297. The number of hydrogen-bond acceptors (Lipinski definition) is 3. The summed E-state index contributed by atoms with van der Waals surface area (Å²) in [5.41, 5.74) is 1.85. The zero-order chi connectivity index (χ0) is 14.5. The molecule has 0 unspecified atom stereocenters. The predicted molar refractivity (Wildman–Crippen MR) is 84.2 cm³/mol. The Kier molecular flexibility index (Phi) is 5.52. The molecular formula is C14H12BrCl2NO2. The molecule has 0 saturated carbocycles. The maximum Gasteiger partial charge on any atom is 0.180 e. The SMILES string of the molecule is COc1cc(CBr)cc(Cl)c1OCc1ccncc1Cl. The Hall–Kier alpha value is -0.970. The molecule has 0 aliphatic carbocycles. The largest absolute Gasteiger partial charge is 0.493 e. The average Bonchev–Trinajstić information content (AvgIpc) is 2.46. The van der Waals surface area contributed by atoms with Crippen LogP contribution in [0, 0.1) is 0 Å². The van der Waals surface area contributed by atoms with Crippen LogP contribution in [0.15, 0.2) is 30.6 Å². The van der Waals surface area contributed by atoms with Crippen LogP contribution in [0.4, 0.5) is 0 Å². The van der Waals surface area contributed by atoms with Gasteiger partial charge in [-0.15, -0.1) is 0 Å². The topological polar surface area (TPSA) is 31.4 Å². The van der Waals surface area contributed by atoms with Crippen molar-refractivity contribution in [3.05, 3.63) is 51.8 Å². The lowest BCUT2D eigenvalue weighted by Gasteiger charge is -2.14. The molecule has 0 aliphatic rings. The van der Waals surface area contributed by atoms with Gasteiger partial charge >= 0.3 is 0 Å². The highest BCUT2D eigenvalue weighted by Gasteiger charge is 2.12. The molecule has 0 spiro atoms. The smallest absolute Gasteiger partial charge is 0.180 e. The van der Waals surface area contributed by atoms with E-state index in [2.05, 4.69) is 20.9 Å². The molecule has 0 saturated heterocycles. The van der Waals surface area contributed by atoms with Crippen LogP contribution >= 0.6 is 39.1 Å². The first kappa shape index (κ1) is 15.4. The Balaban J connectivity index is 2.23. The highest BCUT2D eigenvalue weighted by atomic mass is 79.9. The van der Waals surface area contributed by atoms with E-state index in [0.29, 0.717) is 33.5 Å². The summed E-state index contributed by atoms with van der Waals surface area (Å²) in [4.78, 5) is 3.93. The van der Waals surface area contributed by atoms with Gasteiger partial charge in [-0.25, -0.2) is 0 Å². The number of nitrogens with zero attached hydrogens (tertiary/aromatic N) is 1. The van der Waals surface area contributed by atoms with E-state index in [-0.39, 0.29) is 0 Å². The summed E-state index contributed by atoms with van der Waals surface area (Å²) in [7, 11) is 1.58. The molecule has 0 atom stereocenters. The third-order valence-corrected chi connectivity index (χ3v) is 3.94. The van der Waals surface area contributed by atoms with Crippen molar-refractivity contribution in [2.45, 2.75) is 11.9 Å². The normalized spacial score (nSPS) is 10.4. The van der Waals surface area contributed by atoms with Gasteiger partial charge in [0.2, 0.25) is 0 Å². The van der Waals surface area contributed by atoms with E-state index in [9.17, 15) is 0 Å². The highest BCUT2D eigenvalue weighted by Crippen LogP contribution is 2.37. The number of ether oxygens (including phenoxy) is 2. The first-order valence-electron chi connectivity index (χ1n) is 5.79. The van der Waals surface area contributed by atoms with Crippen LogP contribution in [0.5, 0.6) is 11.5 Å². The van der Waals surface area contributed by atoms with E-state index in [1.807, 2.05) is 12.1 Å². The van der Waals surface area contributed by atoms with Crippen LogP contribution in [0.2, 0.25) is 10.0 Å². The standard InChI is InChI=1S/C14H12BrCl2NO2/c1-19-13-5-9(6-15)4-11(16)14(13)20-8-10-2-3-18-7-12(10)17/h2-5,7H,6,8H2,1H3. The van der Waals surface area contributed by atoms with Gasteiger partial charge in [-0.2, -0.15) is 0 Å². The van der Waals surface area contributed by atoms with Crippen molar-refractivity contribution in [2.24, 2.45) is 0 Å². The molecule has 106 valence electrons. The van der Waals surface area contributed by atoms with Crippen molar-refractivity contribution in [1.82, 2.24) is 4.98 Å². The predicted octanol–water partition coefficient (Wildman–Crippen LogP) is 4.87. The van der Waals surface area contributed by atoms with Crippen LogP contribution in [-0.2, 0) is 11.9 Å². The Bertz CT molecular complexity index is 608. The molecule has 0 amide bonds. The second-order valence-electron chi connectivity index (χ2n) is 4.00. The van der Waals surface area contributed by atoms with E-state index in [1.165, 1.54) is 0 Å². The summed E-state index contributed by atoms with van der Waals surface area (Å²) >= 11 is 15.7. The highest BCUT2D eigenvalue weighted by molar-refractivity contribution is 9.08. The van der Waals surface area contributed by atoms with Crippen LogP contribution < -0.4 is 9.47 Å². The Morgan fingerprint density at radius 1 is 1.25 bits per heavy atom. The lowest BCUT2D eigenvalue weighted by Crippen LogP contribution is -2.00. The number of alkyl halides is 1. The Morgan fingerprint density at radius 2 is 2.05 bits per heavy atom. The molecule has 0 radical (unpaired) electrons. The second kappa shape index (κ2) is 7.16. The zero-order valence-corrected chi connectivity index (χ0v) is 13.8. The number of rotatable bonds is 5. The van der Waals surface area contributed by atoms with E-state index in [1.54, 1.807) is 25.6 Å². The third kappa shape index (κ3) is 3.57. The molecule has 20 heavy (non-hydrogen) atoms. The van der Waals surface area contributed by atoms with Crippen molar-refractivity contribution in [3.8, 4) is 11.5 Å². The lowest BCUT2D eigenvalue weighted by atomic mass is 10.2. The third-order valence-electron chi connectivity index (χ3n) is 2.67. The fourth-order valence-corrected chi connectivity index (χ4v) is 2.45. The maximum absolute atomic E-state index is 6.23. The van der Waals surface area contributed by atoms with Crippen molar-refractivity contribution in [1.29, 1.82) is 0 Å². The lowest BCUT2D eigenvalue weighted by molar-refractivity contribution is 0.284. The molecule has 0 aliphatic heterocycles. The van der Waals surface area contributed by atoms with E-state index in [0.717, 1.165) is 11.1 Å². The van der Waals surface area contributed by atoms with E-state index >= 15 is 0 Å². The van der Waals surface area contributed by atoms with Gasteiger partial charge in [0, 0.05) is 23.3 Å². The number of benzene rings is 1.